The van der Waals surface area contributed by atoms with Crippen molar-refractivity contribution in [2.75, 3.05) is 26.2 Å². The first-order valence-corrected chi connectivity index (χ1v) is 12.5. The Bertz CT molecular complexity index is 1610. The molecule has 14 heteroatoms. The minimum Gasteiger partial charge on any atom is -0.444 e. The zero-order valence-electron chi connectivity index (χ0n) is 21.4. The Morgan fingerprint density at radius 1 is 1.02 bits per heavy atom. The molecule has 40 heavy (non-hydrogen) atoms. The van der Waals surface area contributed by atoms with E-state index < -0.39 is 12.6 Å². The number of oxazole rings is 1. The molecule has 0 N–H and O–H groups in total. The third-order valence-corrected chi connectivity index (χ3v) is 6.73. The Labute approximate surface area is 226 Å². The molecular formula is C26H24F2N10O2. The number of hydrogen-bond donors (Lipinski definition) is 0. The molecule has 5 heterocycles. The molecule has 0 radical (unpaired) electrons. The molecule has 0 aliphatic carbocycles. The van der Waals surface area contributed by atoms with Crippen LogP contribution in [0, 0.1) is 0 Å². The number of imidazole rings is 1. The highest BCUT2D eigenvalue weighted by Gasteiger charge is 2.32. The Morgan fingerprint density at radius 3 is 2.52 bits per heavy atom. The van der Waals surface area contributed by atoms with Crippen molar-refractivity contribution < 1.29 is 18.0 Å². The fraction of sp³-hybridized carbons (Fsp3) is 0.269. The van der Waals surface area contributed by atoms with Gasteiger partial charge in [-0.1, -0.05) is 35.1 Å². The number of benzene rings is 1. The van der Waals surface area contributed by atoms with E-state index in [1.165, 1.54) is 6.26 Å². The molecule has 0 bridgehead atoms. The van der Waals surface area contributed by atoms with Crippen LogP contribution in [0.3, 0.4) is 0 Å². The van der Waals surface area contributed by atoms with E-state index in [9.17, 15) is 13.6 Å². The summed E-state index contributed by atoms with van der Waals surface area (Å²) in [5.74, 6) is 0.972. The van der Waals surface area contributed by atoms with Gasteiger partial charge in [-0.3, -0.25) is 14.7 Å². The van der Waals surface area contributed by atoms with Crippen molar-refractivity contribution in [3.05, 3.63) is 84.4 Å². The number of nitrogens with zero attached hydrogens (tertiary/aromatic N) is 10. The first kappa shape index (κ1) is 25.4. The standard InChI is InChI=1S/C26H24F2N10O2/c1-35-10-9-30-23(35)20-16-40-24(31-20)18-7-8-29-19(15-18)25(39)37-13-11-36(12-14-37)21(17-5-3-2-4-6-17)22-32-34-38(33-22)26(27)28/h2-10,15-16,21,26H,11-14H2,1H3/t21-/m1/s1. The molecule has 6 rings (SSSR count). The molecule has 4 aromatic heterocycles. The van der Waals surface area contributed by atoms with Gasteiger partial charge in [-0.05, 0) is 22.9 Å². The second kappa shape index (κ2) is 10.7. The number of carbonyl (C=O) groups excluding carboxylic acids is 1. The molecule has 0 unspecified atom stereocenters. The monoisotopic (exact) mass is 546 g/mol. The molecule has 12 nitrogen and oxygen atoms in total. The van der Waals surface area contributed by atoms with Gasteiger partial charge in [0, 0.05) is 57.4 Å². The summed E-state index contributed by atoms with van der Waals surface area (Å²) in [5, 5.41) is 11.3. The van der Waals surface area contributed by atoms with Gasteiger partial charge in [0.15, 0.2) is 11.6 Å². The molecule has 1 aliphatic rings. The smallest absolute Gasteiger partial charge is 0.350 e. The molecule has 204 valence electrons. The van der Waals surface area contributed by atoms with Gasteiger partial charge in [0.1, 0.15) is 17.7 Å². The number of pyridine rings is 1. The number of carbonyl (C=O) groups is 1. The Kier molecular flexibility index (Phi) is 6.82. The van der Waals surface area contributed by atoms with Crippen LogP contribution in [-0.4, -0.2) is 81.6 Å². The fourth-order valence-corrected chi connectivity index (χ4v) is 4.73. The number of hydrogen-bond acceptors (Lipinski definition) is 9. The maximum Gasteiger partial charge on any atom is 0.350 e. The number of tetrazole rings is 1. The van der Waals surface area contributed by atoms with E-state index in [1.54, 1.807) is 29.4 Å². The number of alkyl halides is 2. The van der Waals surface area contributed by atoms with Crippen LogP contribution in [0.1, 0.15) is 34.5 Å². The van der Waals surface area contributed by atoms with Gasteiger partial charge < -0.3 is 13.9 Å². The summed E-state index contributed by atoms with van der Waals surface area (Å²) in [5.41, 5.74) is 2.32. The Balaban J connectivity index is 1.17. The summed E-state index contributed by atoms with van der Waals surface area (Å²) < 4.78 is 33.8. The molecule has 5 aromatic rings. The molecule has 1 atom stereocenters. The molecule has 1 aliphatic heterocycles. The second-order valence-electron chi connectivity index (χ2n) is 9.22. The third kappa shape index (κ3) is 4.96. The van der Waals surface area contributed by atoms with Crippen LogP contribution >= 0.6 is 0 Å². The zero-order chi connectivity index (χ0) is 27.6. The third-order valence-electron chi connectivity index (χ3n) is 6.73. The topological polar surface area (TPSA) is 124 Å². The van der Waals surface area contributed by atoms with Crippen LogP contribution in [0.4, 0.5) is 8.78 Å². The van der Waals surface area contributed by atoms with Gasteiger partial charge in [-0.25, -0.2) is 9.97 Å². The summed E-state index contributed by atoms with van der Waals surface area (Å²) in [6, 6.07) is 12.3. The van der Waals surface area contributed by atoms with Crippen LogP contribution in [0.5, 0.6) is 0 Å². The van der Waals surface area contributed by atoms with Crippen molar-refractivity contribution in [1.29, 1.82) is 0 Å². The molecule has 1 fully saturated rings. The first-order valence-electron chi connectivity index (χ1n) is 12.5. The van der Waals surface area contributed by atoms with E-state index in [4.69, 9.17) is 4.42 Å². The average Bonchev–Trinajstić information content (AvgIpc) is 3.75. The molecule has 0 spiro atoms. The fourth-order valence-electron chi connectivity index (χ4n) is 4.73. The summed E-state index contributed by atoms with van der Waals surface area (Å²) in [6.07, 6.45) is 6.57. The molecule has 1 saturated heterocycles. The van der Waals surface area contributed by atoms with E-state index >= 15 is 0 Å². The van der Waals surface area contributed by atoms with Crippen LogP contribution in [0.2, 0.25) is 0 Å². The lowest BCUT2D eigenvalue weighted by molar-refractivity contribution is 0.0385. The van der Waals surface area contributed by atoms with Gasteiger partial charge in [-0.15, -0.1) is 10.2 Å². The van der Waals surface area contributed by atoms with Crippen molar-refractivity contribution in [3.8, 4) is 23.0 Å². The molecular weight excluding hydrogens is 522 g/mol. The average molecular weight is 547 g/mol. The van der Waals surface area contributed by atoms with Crippen LogP contribution in [0.15, 0.2) is 71.7 Å². The van der Waals surface area contributed by atoms with Gasteiger partial charge in [0.05, 0.1) is 6.04 Å². The Morgan fingerprint density at radius 2 is 1.82 bits per heavy atom. The molecule has 1 aromatic carbocycles. The normalized spacial score (nSPS) is 15.1. The van der Waals surface area contributed by atoms with E-state index in [0.717, 1.165) is 5.56 Å². The summed E-state index contributed by atoms with van der Waals surface area (Å²) in [4.78, 5) is 30.5. The summed E-state index contributed by atoms with van der Waals surface area (Å²) in [7, 11) is 1.87. The Hall–Kier alpha value is -4.85. The maximum atomic E-state index is 13.4. The minimum absolute atomic E-state index is 0.177. The first-order chi connectivity index (χ1) is 19.5. The molecule has 0 saturated carbocycles. The summed E-state index contributed by atoms with van der Waals surface area (Å²) in [6.45, 7) is -1.13. The number of aryl methyl sites for hydroxylation is 1. The predicted molar refractivity (Wildman–Crippen MR) is 137 cm³/mol. The minimum atomic E-state index is -2.88. The number of rotatable bonds is 7. The van der Waals surface area contributed by atoms with Crippen molar-refractivity contribution >= 4 is 5.91 Å². The summed E-state index contributed by atoms with van der Waals surface area (Å²) >= 11 is 0. The lowest BCUT2D eigenvalue weighted by Gasteiger charge is -2.38. The highest BCUT2D eigenvalue weighted by Crippen LogP contribution is 2.28. The number of aromatic nitrogens is 8. The lowest BCUT2D eigenvalue weighted by atomic mass is 10.0. The van der Waals surface area contributed by atoms with Gasteiger partial charge in [-0.2, -0.15) is 8.78 Å². The van der Waals surface area contributed by atoms with Crippen molar-refractivity contribution in [2.24, 2.45) is 7.05 Å². The van der Waals surface area contributed by atoms with Crippen LogP contribution < -0.4 is 0 Å². The second-order valence-corrected chi connectivity index (χ2v) is 9.22. The van der Waals surface area contributed by atoms with E-state index in [-0.39, 0.29) is 17.4 Å². The predicted octanol–water partition coefficient (Wildman–Crippen LogP) is 3.07. The van der Waals surface area contributed by atoms with Crippen molar-refractivity contribution in [1.82, 2.24) is 49.5 Å². The van der Waals surface area contributed by atoms with E-state index in [2.05, 4.69) is 35.3 Å². The van der Waals surface area contributed by atoms with Crippen LogP contribution in [-0.2, 0) is 7.05 Å². The zero-order valence-corrected chi connectivity index (χ0v) is 21.4. The molecule has 1 amide bonds. The quantitative estimate of drug-likeness (QED) is 0.303. The highest BCUT2D eigenvalue weighted by molar-refractivity contribution is 5.93. The van der Waals surface area contributed by atoms with Gasteiger partial charge in [0.25, 0.3) is 5.91 Å². The SMILES string of the molecule is Cn1ccnc1-c1coc(-c2ccnc(C(=O)N3CCN([C@H](c4ccccc4)c4nnn(C(F)F)n4)CC3)c2)n1. The number of halogens is 2. The van der Waals surface area contributed by atoms with Crippen LogP contribution in [0.25, 0.3) is 23.0 Å². The van der Waals surface area contributed by atoms with Crippen molar-refractivity contribution in [3.63, 3.8) is 0 Å². The number of amides is 1. The maximum absolute atomic E-state index is 13.4. The van der Waals surface area contributed by atoms with Gasteiger partial charge >= 0.3 is 6.55 Å². The lowest BCUT2D eigenvalue weighted by Crippen LogP contribution is -2.50. The largest absolute Gasteiger partial charge is 0.444 e. The highest BCUT2D eigenvalue weighted by atomic mass is 19.3. The van der Waals surface area contributed by atoms with E-state index in [1.807, 2.05) is 48.1 Å². The van der Waals surface area contributed by atoms with Gasteiger partial charge in [0.2, 0.25) is 5.89 Å². The van der Waals surface area contributed by atoms with E-state index in [0.29, 0.717) is 53.9 Å². The number of piperazine rings is 1. The van der Waals surface area contributed by atoms with Crippen molar-refractivity contribution in [2.45, 2.75) is 12.6 Å².